The highest BCUT2D eigenvalue weighted by molar-refractivity contribution is 5.77. The van der Waals surface area contributed by atoms with Crippen LogP contribution in [-0.4, -0.2) is 17.9 Å². The van der Waals surface area contributed by atoms with Crippen LogP contribution in [0.1, 0.15) is 80.1 Å². The third-order valence-corrected chi connectivity index (χ3v) is 9.59. The lowest BCUT2D eigenvalue weighted by molar-refractivity contribution is -0.147. The number of ether oxygens (including phenoxy) is 3. The summed E-state index contributed by atoms with van der Waals surface area (Å²) in [5, 5.41) is 0. The predicted octanol–water partition coefficient (Wildman–Crippen LogP) is 6.33. The van der Waals surface area contributed by atoms with Crippen molar-refractivity contribution in [2.24, 2.45) is 53.3 Å². The summed E-state index contributed by atoms with van der Waals surface area (Å²) in [6.07, 6.45) is 11.8. The molecule has 0 aromatic heterocycles. The van der Waals surface area contributed by atoms with Gasteiger partial charge in [0.1, 0.15) is 0 Å². The fraction of sp³-hybridized carbons (Fsp3) is 0.700. The lowest BCUT2D eigenvalue weighted by atomic mass is 9.85. The van der Waals surface area contributed by atoms with Gasteiger partial charge in [-0.2, -0.15) is 0 Å². The molecule has 0 aromatic carbocycles. The maximum absolute atomic E-state index is 11.4. The molecule has 3 heterocycles. The van der Waals surface area contributed by atoms with Crippen molar-refractivity contribution >= 4 is 17.9 Å². The second-order valence-electron chi connectivity index (χ2n) is 12.0. The molecular formula is C30H42O6. The van der Waals surface area contributed by atoms with Crippen molar-refractivity contribution < 1.29 is 28.6 Å². The van der Waals surface area contributed by atoms with E-state index >= 15 is 0 Å². The van der Waals surface area contributed by atoms with Gasteiger partial charge in [0.15, 0.2) is 0 Å². The molecule has 3 saturated carbocycles. The Balaban J connectivity index is 0.000000127. The SMILES string of the molecule is CC1=COC(=O)C2[C@@H]1CC[C@@H]2C.CC1=COC(=O)[C@@H]2C1CC[C@@H]2C.CC1=COC(=O)[C@H]2[C@@H](C)CC[C@@H]12. The molecule has 6 aliphatic rings. The molecule has 0 N–H and O–H groups in total. The van der Waals surface area contributed by atoms with Crippen LogP contribution in [0.25, 0.3) is 0 Å². The zero-order valence-electron chi connectivity index (χ0n) is 22.6. The number of esters is 3. The maximum atomic E-state index is 11.4. The molecule has 0 aromatic rings. The summed E-state index contributed by atoms with van der Waals surface area (Å²) in [5.41, 5.74) is 3.72. The van der Waals surface area contributed by atoms with Crippen LogP contribution in [0.3, 0.4) is 0 Å². The van der Waals surface area contributed by atoms with E-state index in [1.807, 2.05) is 0 Å². The van der Waals surface area contributed by atoms with Gasteiger partial charge in [-0.3, -0.25) is 14.4 Å². The Kier molecular flexibility index (Phi) is 8.11. The van der Waals surface area contributed by atoms with Gasteiger partial charge in [0, 0.05) is 0 Å². The van der Waals surface area contributed by atoms with Crippen LogP contribution in [0.4, 0.5) is 0 Å². The van der Waals surface area contributed by atoms with Crippen LogP contribution in [0.2, 0.25) is 0 Å². The van der Waals surface area contributed by atoms with Gasteiger partial charge in [0.2, 0.25) is 0 Å². The van der Waals surface area contributed by atoms with E-state index in [1.54, 1.807) is 18.8 Å². The van der Waals surface area contributed by atoms with Crippen molar-refractivity contribution in [2.75, 3.05) is 0 Å². The van der Waals surface area contributed by atoms with Gasteiger partial charge in [-0.1, -0.05) is 20.8 Å². The summed E-state index contributed by atoms with van der Waals surface area (Å²) in [6, 6.07) is 0. The molecule has 3 aliphatic heterocycles. The highest BCUT2D eigenvalue weighted by atomic mass is 16.5. The molecule has 198 valence electrons. The van der Waals surface area contributed by atoms with Gasteiger partial charge in [-0.05, 0) is 112 Å². The van der Waals surface area contributed by atoms with E-state index in [-0.39, 0.29) is 35.7 Å². The average molecular weight is 499 g/mol. The van der Waals surface area contributed by atoms with E-state index in [2.05, 4.69) is 41.5 Å². The largest absolute Gasteiger partial charge is 0.434 e. The number of hydrogen-bond donors (Lipinski definition) is 0. The molecule has 0 saturated heterocycles. The van der Waals surface area contributed by atoms with Gasteiger partial charge in [-0.15, -0.1) is 0 Å². The molecule has 6 rings (SSSR count). The average Bonchev–Trinajstić information content (AvgIpc) is 3.55. The minimum Gasteiger partial charge on any atom is -0.434 e. The second-order valence-corrected chi connectivity index (χ2v) is 12.0. The lowest BCUT2D eigenvalue weighted by Gasteiger charge is -2.25. The van der Waals surface area contributed by atoms with Gasteiger partial charge < -0.3 is 14.2 Å². The van der Waals surface area contributed by atoms with Gasteiger partial charge >= 0.3 is 17.9 Å². The number of carbonyl (C=O) groups excluding carboxylic acids is 3. The zero-order chi connectivity index (χ0) is 26.1. The fourth-order valence-electron chi connectivity index (χ4n) is 7.27. The third kappa shape index (κ3) is 5.19. The van der Waals surface area contributed by atoms with E-state index in [4.69, 9.17) is 14.2 Å². The molecule has 6 heteroatoms. The van der Waals surface area contributed by atoms with Crippen molar-refractivity contribution in [1.82, 2.24) is 0 Å². The Morgan fingerprint density at radius 3 is 0.972 bits per heavy atom. The van der Waals surface area contributed by atoms with Crippen molar-refractivity contribution in [2.45, 2.75) is 80.1 Å². The number of hydrogen-bond acceptors (Lipinski definition) is 6. The summed E-state index contributed by atoms with van der Waals surface area (Å²) in [7, 11) is 0. The topological polar surface area (TPSA) is 78.9 Å². The highest BCUT2D eigenvalue weighted by Gasteiger charge is 2.44. The summed E-state index contributed by atoms with van der Waals surface area (Å²) in [6.45, 7) is 12.6. The van der Waals surface area contributed by atoms with Gasteiger partial charge in [-0.25, -0.2) is 0 Å². The van der Waals surface area contributed by atoms with Crippen LogP contribution >= 0.6 is 0 Å². The molecule has 3 aliphatic carbocycles. The van der Waals surface area contributed by atoms with E-state index < -0.39 is 0 Å². The number of rotatable bonds is 0. The lowest BCUT2D eigenvalue weighted by Crippen LogP contribution is -2.28. The van der Waals surface area contributed by atoms with Crippen molar-refractivity contribution in [3.8, 4) is 0 Å². The van der Waals surface area contributed by atoms with Crippen molar-refractivity contribution in [3.05, 3.63) is 35.5 Å². The zero-order valence-corrected chi connectivity index (χ0v) is 22.6. The molecule has 3 fully saturated rings. The number of cyclic esters (lactones) is 3. The number of carbonyl (C=O) groups is 3. The molecule has 0 bridgehead atoms. The summed E-state index contributed by atoms with van der Waals surface area (Å²) < 4.78 is 14.9. The normalized spacial score (nSPS) is 40.3. The quantitative estimate of drug-likeness (QED) is 0.287. The summed E-state index contributed by atoms with van der Waals surface area (Å²) in [5.74, 6) is 3.33. The Morgan fingerprint density at radius 2 is 0.750 bits per heavy atom. The molecule has 9 atom stereocenters. The van der Waals surface area contributed by atoms with Crippen LogP contribution in [0.5, 0.6) is 0 Å². The summed E-state index contributed by atoms with van der Waals surface area (Å²) >= 11 is 0. The second kappa shape index (κ2) is 10.9. The van der Waals surface area contributed by atoms with E-state index in [0.29, 0.717) is 35.5 Å². The molecule has 0 spiro atoms. The maximum Gasteiger partial charge on any atom is 0.314 e. The van der Waals surface area contributed by atoms with Gasteiger partial charge in [0.25, 0.3) is 0 Å². The third-order valence-electron chi connectivity index (χ3n) is 9.59. The smallest absolute Gasteiger partial charge is 0.314 e. The number of allylic oxidation sites excluding steroid dienone is 3. The standard InChI is InChI=1S/3C10H14O2/c3*1-6-3-4-8-7(2)5-12-10(11)9(6)8/h3*5-6,8-9H,3-4H2,1-2H3/t6-,8?,9-;6-,8+,9?;6-,8-,9-/m000/s1. The summed E-state index contributed by atoms with van der Waals surface area (Å²) in [4.78, 5) is 34.1. The molecule has 6 nitrogen and oxygen atoms in total. The Bertz CT molecular complexity index is 850. The predicted molar refractivity (Wildman–Crippen MR) is 136 cm³/mol. The van der Waals surface area contributed by atoms with Crippen LogP contribution in [-0.2, 0) is 28.6 Å². The van der Waals surface area contributed by atoms with Crippen LogP contribution < -0.4 is 0 Å². The molecule has 36 heavy (non-hydrogen) atoms. The number of fused-ring (bicyclic) bond motifs is 3. The monoisotopic (exact) mass is 498 g/mol. The Labute approximate surface area is 215 Å². The molecular weight excluding hydrogens is 456 g/mol. The van der Waals surface area contributed by atoms with Crippen molar-refractivity contribution in [3.63, 3.8) is 0 Å². The molecule has 0 amide bonds. The Morgan fingerprint density at radius 1 is 0.500 bits per heavy atom. The first-order valence-corrected chi connectivity index (χ1v) is 13.7. The molecule has 0 radical (unpaired) electrons. The minimum atomic E-state index is -0.0180. The Hall–Kier alpha value is -2.37. The van der Waals surface area contributed by atoms with E-state index in [0.717, 1.165) is 38.5 Å². The highest BCUT2D eigenvalue weighted by Crippen LogP contribution is 2.45. The van der Waals surface area contributed by atoms with E-state index in [9.17, 15) is 14.4 Å². The van der Waals surface area contributed by atoms with Crippen molar-refractivity contribution in [1.29, 1.82) is 0 Å². The molecule has 2 unspecified atom stereocenters. The first-order valence-electron chi connectivity index (χ1n) is 13.7. The van der Waals surface area contributed by atoms with Crippen LogP contribution in [0.15, 0.2) is 35.5 Å². The van der Waals surface area contributed by atoms with E-state index in [1.165, 1.54) is 16.7 Å². The minimum absolute atomic E-state index is 0.0180. The van der Waals surface area contributed by atoms with Crippen LogP contribution in [0, 0.1) is 53.3 Å². The van der Waals surface area contributed by atoms with Gasteiger partial charge in [0.05, 0.1) is 36.5 Å². The fourth-order valence-corrected chi connectivity index (χ4v) is 7.27. The first-order chi connectivity index (χ1) is 17.1. The first kappa shape index (κ1) is 26.7.